The van der Waals surface area contributed by atoms with Gasteiger partial charge < -0.3 is 20.3 Å². The molecule has 0 aromatic heterocycles. The van der Waals surface area contributed by atoms with Crippen LogP contribution in [-0.2, 0) is 14.3 Å². The summed E-state index contributed by atoms with van der Waals surface area (Å²) in [4.78, 5) is 24.4. The van der Waals surface area contributed by atoms with Gasteiger partial charge in [0.25, 0.3) is 0 Å². The molecule has 0 aliphatic rings. The summed E-state index contributed by atoms with van der Waals surface area (Å²) in [6.07, 6.45) is 51.4. The Labute approximate surface area is 341 Å². The van der Waals surface area contributed by atoms with Crippen molar-refractivity contribution >= 4 is 11.9 Å². The van der Waals surface area contributed by atoms with Gasteiger partial charge in [-0.1, -0.05) is 186 Å². The Hall–Kier alpha value is -1.66. The van der Waals surface area contributed by atoms with E-state index in [-0.39, 0.29) is 18.5 Å². The van der Waals surface area contributed by atoms with Gasteiger partial charge in [-0.25, -0.2) is 0 Å². The van der Waals surface area contributed by atoms with Gasteiger partial charge in [-0.3, -0.25) is 9.59 Å². The fourth-order valence-electron chi connectivity index (χ4n) is 7.21. The standard InChI is InChI=1S/C49H93NO5/c1-3-5-7-9-11-13-15-17-18-20-22-27-31-35-39-43-49(54)55-44-40-36-32-28-24-23-26-30-34-38-42-48(53)50-46(45-51)47(52)41-37-33-29-25-21-19-16-14-12-10-8-6-4-2/h17-18,24,28,46-47,51-52H,3-16,19-23,25-27,29-45H2,1-2H3,(H,50,53)/b18-17-,28-24-. The number of aliphatic hydroxyl groups excluding tert-OH is 2. The van der Waals surface area contributed by atoms with E-state index in [2.05, 4.69) is 43.5 Å². The molecule has 0 saturated carbocycles. The third-order valence-electron chi connectivity index (χ3n) is 11.0. The van der Waals surface area contributed by atoms with Gasteiger partial charge in [0, 0.05) is 12.8 Å². The first-order valence-corrected chi connectivity index (χ1v) is 24.1. The van der Waals surface area contributed by atoms with Crippen molar-refractivity contribution in [3.05, 3.63) is 24.3 Å². The minimum Gasteiger partial charge on any atom is -0.466 e. The first kappa shape index (κ1) is 53.3. The number of ether oxygens (including phenoxy) is 1. The van der Waals surface area contributed by atoms with Gasteiger partial charge in [-0.2, -0.15) is 0 Å². The van der Waals surface area contributed by atoms with Gasteiger partial charge in [0.1, 0.15) is 0 Å². The van der Waals surface area contributed by atoms with Crippen LogP contribution < -0.4 is 5.32 Å². The minimum absolute atomic E-state index is 0.0447. The molecule has 3 N–H and O–H groups in total. The van der Waals surface area contributed by atoms with Crippen molar-refractivity contribution in [1.29, 1.82) is 0 Å². The highest BCUT2D eigenvalue weighted by atomic mass is 16.5. The zero-order valence-corrected chi connectivity index (χ0v) is 36.7. The molecule has 0 radical (unpaired) electrons. The van der Waals surface area contributed by atoms with Crippen LogP contribution in [0.15, 0.2) is 24.3 Å². The monoisotopic (exact) mass is 776 g/mol. The third kappa shape index (κ3) is 41.8. The van der Waals surface area contributed by atoms with E-state index in [0.717, 1.165) is 77.0 Å². The fourth-order valence-corrected chi connectivity index (χ4v) is 7.21. The molecule has 0 spiro atoms. The lowest BCUT2D eigenvalue weighted by molar-refractivity contribution is -0.143. The predicted molar refractivity (Wildman–Crippen MR) is 236 cm³/mol. The van der Waals surface area contributed by atoms with Crippen molar-refractivity contribution in [1.82, 2.24) is 5.32 Å². The van der Waals surface area contributed by atoms with Crippen LogP contribution in [0.25, 0.3) is 0 Å². The second-order valence-corrected chi connectivity index (χ2v) is 16.4. The average molecular weight is 776 g/mol. The highest BCUT2D eigenvalue weighted by Gasteiger charge is 2.20. The van der Waals surface area contributed by atoms with E-state index in [4.69, 9.17) is 4.74 Å². The summed E-state index contributed by atoms with van der Waals surface area (Å²) < 4.78 is 5.42. The molecule has 324 valence electrons. The molecule has 0 fully saturated rings. The third-order valence-corrected chi connectivity index (χ3v) is 11.0. The SMILES string of the molecule is CCCCCCCC/C=C\CCCCCCCC(=O)OCCCC/C=C\CCCCCCC(=O)NC(CO)C(O)CCCCCCCCCCCCCCC. The van der Waals surface area contributed by atoms with Gasteiger partial charge in [-0.05, 0) is 77.0 Å². The van der Waals surface area contributed by atoms with E-state index >= 15 is 0 Å². The van der Waals surface area contributed by atoms with Crippen molar-refractivity contribution in [2.24, 2.45) is 0 Å². The molecule has 6 heteroatoms. The smallest absolute Gasteiger partial charge is 0.305 e. The number of nitrogens with one attached hydrogen (secondary N) is 1. The summed E-state index contributed by atoms with van der Waals surface area (Å²) in [5, 5.41) is 23.1. The summed E-state index contributed by atoms with van der Waals surface area (Å²) in [6.45, 7) is 4.84. The molecule has 2 atom stereocenters. The Kier molecular flexibility index (Phi) is 43.7. The fraction of sp³-hybridized carbons (Fsp3) is 0.878. The number of carbonyl (C=O) groups is 2. The average Bonchev–Trinajstić information content (AvgIpc) is 3.18. The van der Waals surface area contributed by atoms with Crippen LogP contribution in [0.1, 0.15) is 251 Å². The number of rotatable bonds is 44. The topological polar surface area (TPSA) is 95.9 Å². The number of allylic oxidation sites excluding steroid dienone is 4. The summed E-state index contributed by atoms with van der Waals surface area (Å²) in [7, 11) is 0. The van der Waals surface area contributed by atoms with E-state index < -0.39 is 12.1 Å². The van der Waals surface area contributed by atoms with Crippen molar-refractivity contribution < 1.29 is 24.5 Å². The maximum atomic E-state index is 12.4. The Morgan fingerprint density at radius 2 is 0.855 bits per heavy atom. The van der Waals surface area contributed by atoms with Gasteiger partial charge in [0.05, 0.1) is 25.4 Å². The van der Waals surface area contributed by atoms with E-state index in [1.54, 1.807) is 0 Å². The number of aliphatic hydroxyl groups is 2. The molecule has 0 bridgehead atoms. The molecule has 55 heavy (non-hydrogen) atoms. The lowest BCUT2D eigenvalue weighted by Gasteiger charge is -2.22. The predicted octanol–water partition coefficient (Wildman–Crippen LogP) is 14.0. The number of hydrogen-bond acceptors (Lipinski definition) is 5. The van der Waals surface area contributed by atoms with Crippen molar-refractivity contribution in [2.75, 3.05) is 13.2 Å². The van der Waals surface area contributed by atoms with Crippen LogP contribution in [0.4, 0.5) is 0 Å². The molecular formula is C49H93NO5. The molecule has 0 aromatic carbocycles. The molecule has 0 saturated heterocycles. The molecule has 2 unspecified atom stereocenters. The van der Waals surface area contributed by atoms with E-state index in [1.165, 1.54) is 141 Å². The number of carbonyl (C=O) groups excluding carboxylic acids is 2. The van der Waals surface area contributed by atoms with Crippen molar-refractivity contribution in [3.63, 3.8) is 0 Å². The van der Waals surface area contributed by atoms with Crippen LogP contribution in [0.5, 0.6) is 0 Å². The Bertz CT molecular complexity index is 858. The Morgan fingerprint density at radius 1 is 0.491 bits per heavy atom. The Morgan fingerprint density at radius 3 is 1.29 bits per heavy atom. The first-order valence-electron chi connectivity index (χ1n) is 24.1. The number of amides is 1. The molecular weight excluding hydrogens is 683 g/mol. The van der Waals surface area contributed by atoms with Crippen LogP contribution in [0.2, 0.25) is 0 Å². The maximum absolute atomic E-state index is 12.4. The largest absolute Gasteiger partial charge is 0.466 e. The van der Waals surface area contributed by atoms with Crippen LogP contribution >= 0.6 is 0 Å². The van der Waals surface area contributed by atoms with Crippen LogP contribution in [0, 0.1) is 0 Å². The molecule has 0 aromatic rings. The highest BCUT2D eigenvalue weighted by molar-refractivity contribution is 5.76. The lowest BCUT2D eigenvalue weighted by Crippen LogP contribution is -2.45. The lowest BCUT2D eigenvalue weighted by atomic mass is 10.0. The van der Waals surface area contributed by atoms with Crippen LogP contribution in [-0.4, -0.2) is 47.4 Å². The van der Waals surface area contributed by atoms with Gasteiger partial charge in [0.2, 0.25) is 5.91 Å². The molecule has 6 nitrogen and oxygen atoms in total. The second-order valence-electron chi connectivity index (χ2n) is 16.4. The molecule has 0 aliphatic heterocycles. The molecule has 1 amide bonds. The zero-order chi connectivity index (χ0) is 40.1. The summed E-state index contributed by atoms with van der Waals surface area (Å²) in [6, 6.07) is -0.566. The molecule has 0 heterocycles. The summed E-state index contributed by atoms with van der Waals surface area (Å²) >= 11 is 0. The number of esters is 1. The van der Waals surface area contributed by atoms with Gasteiger partial charge in [0.15, 0.2) is 0 Å². The first-order chi connectivity index (χ1) is 27.0. The van der Waals surface area contributed by atoms with Crippen LogP contribution in [0.3, 0.4) is 0 Å². The van der Waals surface area contributed by atoms with Gasteiger partial charge >= 0.3 is 5.97 Å². The quantitative estimate of drug-likeness (QED) is 0.0325. The van der Waals surface area contributed by atoms with Crippen molar-refractivity contribution in [2.45, 2.75) is 264 Å². The van der Waals surface area contributed by atoms with Crippen molar-refractivity contribution in [3.8, 4) is 0 Å². The number of hydrogen-bond donors (Lipinski definition) is 3. The maximum Gasteiger partial charge on any atom is 0.305 e. The normalized spacial score (nSPS) is 12.9. The van der Waals surface area contributed by atoms with E-state index in [0.29, 0.717) is 25.9 Å². The van der Waals surface area contributed by atoms with Gasteiger partial charge in [-0.15, -0.1) is 0 Å². The summed E-state index contributed by atoms with van der Waals surface area (Å²) in [5.74, 6) is -0.117. The number of unbranched alkanes of at least 4 members (excludes halogenated alkanes) is 29. The molecule has 0 rings (SSSR count). The second kappa shape index (κ2) is 45.0. The summed E-state index contributed by atoms with van der Waals surface area (Å²) in [5.41, 5.74) is 0. The van der Waals surface area contributed by atoms with E-state index in [9.17, 15) is 19.8 Å². The molecule has 0 aliphatic carbocycles. The minimum atomic E-state index is -0.685. The zero-order valence-electron chi connectivity index (χ0n) is 36.7. The Balaban J connectivity index is 3.54. The van der Waals surface area contributed by atoms with E-state index in [1.807, 2.05) is 0 Å². The highest BCUT2D eigenvalue weighted by Crippen LogP contribution is 2.15.